The van der Waals surface area contributed by atoms with E-state index in [1.807, 2.05) is 13.8 Å². The Balaban J connectivity index is 2.22. The molecule has 1 rings (SSSR count). The lowest BCUT2D eigenvalue weighted by atomic mass is 9.83. The van der Waals surface area contributed by atoms with Crippen molar-refractivity contribution >= 4 is 12.3 Å². The molecule has 0 spiro atoms. The molecule has 1 aliphatic carbocycles. The lowest BCUT2D eigenvalue weighted by Crippen LogP contribution is -2.39. The summed E-state index contributed by atoms with van der Waals surface area (Å²) in [5, 5.41) is 12.2. The summed E-state index contributed by atoms with van der Waals surface area (Å²) in [5.74, 6) is 0.497. The molecule has 0 aromatic heterocycles. The summed E-state index contributed by atoms with van der Waals surface area (Å²) < 4.78 is 5.30. The molecule has 2 N–H and O–H groups in total. The number of aliphatic hydroxyl groups is 1. The third-order valence-electron chi connectivity index (χ3n) is 4.37. The predicted octanol–water partition coefficient (Wildman–Crippen LogP) is 1.67. The van der Waals surface area contributed by atoms with Crippen molar-refractivity contribution in [3.05, 3.63) is 0 Å². The Morgan fingerprint density at radius 1 is 1.33 bits per heavy atom. The van der Waals surface area contributed by atoms with Crippen molar-refractivity contribution in [1.29, 1.82) is 0 Å². The second kappa shape index (κ2) is 9.90. The summed E-state index contributed by atoms with van der Waals surface area (Å²) in [7, 11) is 0. The van der Waals surface area contributed by atoms with Crippen LogP contribution in [0.5, 0.6) is 0 Å². The first kappa shape index (κ1) is 18.1. The first-order valence-corrected chi connectivity index (χ1v) is 8.06. The van der Waals surface area contributed by atoms with Gasteiger partial charge in [0.1, 0.15) is 6.29 Å². The Morgan fingerprint density at radius 3 is 2.48 bits per heavy atom. The zero-order valence-electron chi connectivity index (χ0n) is 13.2. The topological polar surface area (TPSA) is 75.6 Å². The van der Waals surface area contributed by atoms with Gasteiger partial charge in [-0.2, -0.15) is 0 Å². The second-order valence-corrected chi connectivity index (χ2v) is 6.18. The molecule has 122 valence electrons. The number of hydrogen-bond donors (Lipinski definition) is 2. The van der Waals surface area contributed by atoms with Crippen LogP contribution in [0, 0.1) is 11.8 Å². The van der Waals surface area contributed by atoms with Gasteiger partial charge in [0, 0.05) is 12.6 Å². The minimum absolute atomic E-state index is 0.0970. The van der Waals surface area contributed by atoms with Gasteiger partial charge in [-0.1, -0.05) is 6.92 Å². The van der Waals surface area contributed by atoms with Crippen LogP contribution in [0.1, 0.15) is 52.4 Å². The van der Waals surface area contributed by atoms with Crippen molar-refractivity contribution in [2.75, 3.05) is 13.2 Å². The van der Waals surface area contributed by atoms with E-state index in [1.165, 1.54) is 0 Å². The van der Waals surface area contributed by atoms with E-state index in [-0.39, 0.29) is 25.0 Å². The quantitative estimate of drug-likeness (QED) is 0.500. The molecule has 0 heterocycles. The van der Waals surface area contributed by atoms with Crippen molar-refractivity contribution in [2.45, 2.75) is 64.5 Å². The van der Waals surface area contributed by atoms with Crippen LogP contribution in [-0.2, 0) is 14.3 Å². The molecular weight excluding hydrogens is 270 g/mol. The van der Waals surface area contributed by atoms with Gasteiger partial charge in [0.15, 0.2) is 0 Å². The van der Waals surface area contributed by atoms with Gasteiger partial charge in [0.05, 0.1) is 19.1 Å². The zero-order chi connectivity index (χ0) is 15.7. The molecule has 21 heavy (non-hydrogen) atoms. The highest BCUT2D eigenvalue weighted by Crippen LogP contribution is 2.28. The van der Waals surface area contributed by atoms with Crippen LogP contribution in [-0.4, -0.2) is 42.7 Å². The average Bonchev–Trinajstić information content (AvgIpc) is 2.52. The van der Waals surface area contributed by atoms with E-state index in [4.69, 9.17) is 9.84 Å². The van der Waals surface area contributed by atoms with Crippen LogP contribution >= 0.6 is 0 Å². The highest BCUT2D eigenvalue weighted by Gasteiger charge is 2.22. The number of esters is 1. The minimum Gasteiger partial charge on any atom is -0.465 e. The number of nitrogens with one attached hydrogen (secondary N) is 1. The van der Waals surface area contributed by atoms with Gasteiger partial charge >= 0.3 is 5.97 Å². The third kappa shape index (κ3) is 7.05. The Morgan fingerprint density at radius 2 is 1.95 bits per heavy atom. The summed E-state index contributed by atoms with van der Waals surface area (Å²) in [6.45, 7) is 4.71. The lowest BCUT2D eigenvalue weighted by molar-refractivity contribution is -0.146. The van der Waals surface area contributed by atoms with Gasteiger partial charge in [-0.15, -0.1) is 0 Å². The maximum absolute atomic E-state index is 11.8. The Kier molecular flexibility index (Phi) is 8.54. The van der Waals surface area contributed by atoms with Crippen LogP contribution in [0.3, 0.4) is 0 Å². The minimum atomic E-state index is -0.461. The van der Waals surface area contributed by atoms with Crippen LogP contribution in [0.2, 0.25) is 0 Å². The molecule has 0 radical (unpaired) electrons. The van der Waals surface area contributed by atoms with Crippen LogP contribution < -0.4 is 5.32 Å². The van der Waals surface area contributed by atoms with E-state index >= 15 is 0 Å². The predicted molar refractivity (Wildman–Crippen MR) is 80.9 cm³/mol. The van der Waals surface area contributed by atoms with E-state index in [2.05, 4.69) is 5.32 Å². The van der Waals surface area contributed by atoms with Crippen molar-refractivity contribution in [3.8, 4) is 0 Å². The molecular formula is C16H29NO4. The molecule has 0 bridgehead atoms. The van der Waals surface area contributed by atoms with E-state index in [0.717, 1.165) is 38.4 Å². The molecule has 5 nitrogen and oxygen atoms in total. The molecule has 0 aromatic rings. The number of carbonyl (C=O) groups is 2. The van der Waals surface area contributed by atoms with E-state index in [0.29, 0.717) is 18.4 Å². The van der Waals surface area contributed by atoms with Gasteiger partial charge in [-0.3, -0.25) is 4.79 Å². The van der Waals surface area contributed by atoms with Gasteiger partial charge in [0.25, 0.3) is 0 Å². The van der Waals surface area contributed by atoms with E-state index < -0.39 is 6.04 Å². The fraction of sp³-hybridized carbons (Fsp3) is 0.875. The first-order chi connectivity index (χ1) is 10.1. The van der Waals surface area contributed by atoms with Gasteiger partial charge in [-0.25, -0.2) is 0 Å². The fourth-order valence-corrected chi connectivity index (χ4v) is 2.66. The Labute approximate surface area is 127 Å². The average molecular weight is 299 g/mol. The number of hydrogen-bond acceptors (Lipinski definition) is 5. The van der Waals surface area contributed by atoms with Crippen molar-refractivity contribution in [2.24, 2.45) is 11.8 Å². The van der Waals surface area contributed by atoms with Gasteiger partial charge < -0.3 is 20.0 Å². The maximum atomic E-state index is 11.8. The summed E-state index contributed by atoms with van der Waals surface area (Å²) in [5.41, 5.74) is 0. The number of aliphatic hydroxyl groups excluding tert-OH is 1. The molecule has 0 amide bonds. The normalized spacial score (nSPS) is 25.1. The van der Waals surface area contributed by atoms with Crippen LogP contribution in [0.4, 0.5) is 0 Å². The maximum Gasteiger partial charge on any atom is 0.307 e. The SMILES string of the molecule is CCC(C)NC(C=O)CC(=O)OCC1CCC(CO)CC1. The molecule has 2 atom stereocenters. The smallest absolute Gasteiger partial charge is 0.307 e. The largest absolute Gasteiger partial charge is 0.465 e. The summed E-state index contributed by atoms with van der Waals surface area (Å²) in [6.07, 6.45) is 5.80. The van der Waals surface area contributed by atoms with Gasteiger partial charge in [0.2, 0.25) is 0 Å². The van der Waals surface area contributed by atoms with Crippen molar-refractivity contribution in [1.82, 2.24) is 5.32 Å². The number of ether oxygens (including phenoxy) is 1. The highest BCUT2D eigenvalue weighted by molar-refractivity contribution is 5.75. The first-order valence-electron chi connectivity index (χ1n) is 8.06. The molecule has 5 heteroatoms. The standard InChI is InChI=1S/C16H29NO4/c1-3-12(2)17-15(10-19)8-16(20)21-11-14-6-4-13(9-18)5-7-14/h10,12-15,17-18H,3-9,11H2,1-2H3. The number of carbonyl (C=O) groups excluding carboxylic acids is 2. The summed E-state index contributed by atoms with van der Waals surface area (Å²) >= 11 is 0. The molecule has 1 fully saturated rings. The molecule has 1 saturated carbocycles. The van der Waals surface area contributed by atoms with Crippen molar-refractivity contribution in [3.63, 3.8) is 0 Å². The molecule has 0 saturated heterocycles. The highest BCUT2D eigenvalue weighted by atomic mass is 16.5. The fourth-order valence-electron chi connectivity index (χ4n) is 2.66. The second-order valence-electron chi connectivity index (χ2n) is 6.18. The van der Waals surface area contributed by atoms with Crippen molar-refractivity contribution < 1.29 is 19.4 Å². The monoisotopic (exact) mass is 299 g/mol. The Bertz CT molecular complexity index is 313. The Hall–Kier alpha value is -0.940. The summed E-state index contributed by atoms with van der Waals surface area (Å²) in [6, 6.07) is -0.251. The van der Waals surface area contributed by atoms with E-state index in [9.17, 15) is 9.59 Å². The number of aldehydes is 1. The molecule has 1 aliphatic rings. The summed E-state index contributed by atoms with van der Waals surface area (Å²) in [4.78, 5) is 22.8. The van der Waals surface area contributed by atoms with Crippen LogP contribution in [0.25, 0.3) is 0 Å². The van der Waals surface area contributed by atoms with Gasteiger partial charge in [-0.05, 0) is 50.9 Å². The molecule has 2 unspecified atom stereocenters. The van der Waals surface area contributed by atoms with Crippen LogP contribution in [0.15, 0.2) is 0 Å². The third-order valence-corrected chi connectivity index (χ3v) is 4.37. The lowest BCUT2D eigenvalue weighted by Gasteiger charge is -2.27. The van der Waals surface area contributed by atoms with E-state index in [1.54, 1.807) is 0 Å². The molecule has 0 aliphatic heterocycles. The molecule has 0 aromatic carbocycles. The zero-order valence-corrected chi connectivity index (χ0v) is 13.2. The number of rotatable bonds is 9.